The molecule has 0 aromatic carbocycles. The minimum Gasteiger partial charge on any atom is -0.380 e. The Hall–Kier alpha value is -1.44. The van der Waals surface area contributed by atoms with Crippen molar-refractivity contribution < 1.29 is 4.74 Å². The van der Waals surface area contributed by atoms with Gasteiger partial charge in [0.2, 0.25) is 0 Å². The quantitative estimate of drug-likeness (QED) is 0.777. The zero-order valence-corrected chi connectivity index (χ0v) is 13.0. The summed E-state index contributed by atoms with van der Waals surface area (Å²) in [7, 11) is 0. The number of hydrogen-bond donors (Lipinski definition) is 1. The molecule has 4 nitrogen and oxygen atoms in total. The fourth-order valence-electron chi connectivity index (χ4n) is 1.91. The highest BCUT2D eigenvalue weighted by atomic mass is 16.5. The predicted octanol–water partition coefficient (Wildman–Crippen LogP) is 2.77. The lowest BCUT2D eigenvalue weighted by atomic mass is 9.88. The van der Waals surface area contributed by atoms with Gasteiger partial charge in [0.05, 0.1) is 17.9 Å². The number of nitriles is 1. The van der Waals surface area contributed by atoms with Crippen molar-refractivity contribution in [1.29, 1.82) is 5.26 Å². The van der Waals surface area contributed by atoms with Crippen molar-refractivity contribution in [3.63, 3.8) is 0 Å². The summed E-state index contributed by atoms with van der Waals surface area (Å²) in [5.74, 6) is 0. The first-order valence-corrected chi connectivity index (χ1v) is 7.17. The van der Waals surface area contributed by atoms with Crippen molar-refractivity contribution in [2.75, 3.05) is 19.8 Å². The van der Waals surface area contributed by atoms with Crippen LogP contribution in [0.3, 0.4) is 0 Å². The molecule has 0 unspecified atom stereocenters. The predicted molar refractivity (Wildman–Crippen MR) is 80.5 cm³/mol. The molecule has 0 saturated heterocycles. The van der Waals surface area contributed by atoms with Crippen LogP contribution in [0.5, 0.6) is 0 Å². The molecule has 0 bridgehead atoms. The Morgan fingerprint density at radius 1 is 1.35 bits per heavy atom. The molecule has 0 radical (unpaired) electrons. The van der Waals surface area contributed by atoms with Crippen molar-refractivity contribution in [2.24, 2.45) is 0 Å². The summed E-state index contributed by atoms with van der Waals surface area (Å²) in [6, 6.07) is 4.17. The highest BCUT2D eigenvalue weighted by Gasteiger charge is 2.19. The number of nitrogens with zero attached hydrogens (tertiary/aromatic N) is 2. The van der Waals surface area contributed by atoms with Crippen LogP contribution >= 0.6 is 0 Å². The van der Waals surface area contributed by atoms with E-state index in [1.165, 1.54) is 0 Å². The molecule has 0 aliphatic carbocycles. The molecule has 1 rings (SSSR count). The van der Waals surface area contributed by atoms with Crippen molar-refractivity contribution in [2.45, 2.75) is 46.1 Å². The third-order valence-electron chi connectivity index (χ3n) is 2.88. The Kier molecular flexibility index (Phi) is 6.63. The highest BCUT2D eigenvalue weighted by molar-refractivity contribution is 5.39. The van der Waals surface area contributed by atoms with Crippen molar-refractivity contribution in [1.82, 2.24) is 10.3 Å². The first-order valence-electron chi connectivity index (χ1n) is 7.17. The van der Waals surface area contributed by atoms with Crippen LogP contribution in [0.2, 0.25) is 0 Å². The van der Waals surface area contributed by atoms with Gasteiger partial charge in [-0.3, -0.25) is 4.98 Å². The second kappa shape index (κ2) is 7.98. The average Bonchev–Trinajstić information content (AvgIpc) is 2.41. The summed E-state index contributed by atoms with van der Waals surface area (Å²) >= 11 is 0. The van der Waals surface area contributed by atoms with Crippen molar-refractivity contribution in [3.05, 3.63) is 29.1 Å². The third kappa shape index (κ3) is 5.28. The van der Waals surface area contributed by atoms with Gasteiger partial charge in [-0.2, -0.15) is 5.26 Å². The van der Waals surface area contributed by atoms with E-state index in [9.17, 15) is 5.26 Å². The largest absolute Gasteiger partial charge is 0.380 e. The number of ether oxygens (including phenoxy) is 1. The second-order valence-corrected chi connectivity index (χ2v) is 5.89. The SMILES string of the molecule is CCCOCCNCc1cnc(C(C)(C)C)c(C#N)c1. The van der Waals surface area contributed by atoms with E-state index in [4.69, 9.17) is 4.74 Å². The molecule has 0 aliphatic rings. The molecule has 0 saturated carbocycles. The Morgan fingerprint density at radius 2 is 2.10 bits per heavy atom. The maximum absolute atomic E-state index is 9.24. The molecule has 110 valence electrons. The number of hydrogen-bond acceptors (Lipinski definition) is 4. The number of aromatic nitrogens is 1. The van der Waals surface area contributed by atoms with Gasteiger partial charge in [0.15, 0.2) is 0 Å². The Bertz CT molecular complexity index is 458. The molecule has 1 aromatic heterocycles. The Morgan fingerprint density at radius 3 is 2.70 bits per heavy atom. The summed E-state index contributed by atoms with van der Waals surface area (Å²) in [5, 5.41) is 12.5. The van der Waals surface area contributed by atoms with E-state index in [0.29, 0.717) is 18.7 Å². The van der Waals surface area contributed by atoms with Crippen LogP contribution in [-0.4, -0.2) is 24.7 Å². The van der Waals surface area contributed by atoms with Crippen LogP contribution in [0.25, 0.3) is 0 Å². The lowest BCUT2D eigenvalue weighted by molar-refractivity contribution is 0.136. The van der Waals surface area contributed by atoms with Gasteiger partial charge in [0, 0.05) is 31.3 Å². The zero-order chi connectivity index (χ0) is 15.0. The number of pyridine rings is 1. The summed E-state index contributed by atoms with van der Waals surface area (Å²) in [5.41, 5.74) is 2.45. The maximum Gasteiger partial charge on any atom is 0.101 e. The van der Waals surface area contributed by atoms with E-state index in [1.807, 2.05) is 12.3 Å². The highest BCUT2D eigenvalue weighted by Crippen LogP contribution is 2.23. The molecule has 0 spiro atoms. The standard InChI is InChI=1S/C16H25N3O/c1-5-7-20-8-6-18-11-13-9-14(10-17)15(19-12-13)16(2,3)4/h9,12,18H,5-8,11H2,1-4H3. The Balaban J connectivity index is 2.55. The fourth-order valence-corrected chi connectivity index (χ4v) is 1.91. The van der Waals surface area contributed by atoms with Gasteiger partial charge < -0.3 is 10.1 Å². The second-order valence-electron chi connectivity index (χ2n) is 5.89. The summed E-state index contributed by atoms with van der Waals surface area (Å²) in [6.07, 6.45) is 2.89. The van der Waals surface area contributed by atoms with Crippen LogP contribution in [0.4, 0.5) is 0 Å². The van der Waals surface area contributed by atoms with Gasteiger partial charge in [-0.1, -0.05) is 27.7 Å². The Labute approximate surface area is 122 Å². The van der Waals surface area contributed by atoms with Gasteiger partial charge in [-0.05, 0) is 18.1 Å². The normalized spacial score (nSPS) is 11.3. The zero-order valence-electron chi connectivity index (χ0n) is 13.0. The molecular weight excluding hydrogens is 250 g/mol. The van der Waals surface area contributed by atoms with Crippen molar-refractivity contribution in [3.8, 4) is 6.07 Å². The van der Waals surface area contributed by atoms with Crippen molar-refractivity contribution >= 4 is 0 Å². The molecule has 0 amide bonds. The van der Waals surface area contributed by atoms with Crippen LogP contribution in [-0.2, 0) is 16.7 Å². The van der Waals surface area contributed by atoms with E-state index in [-0.39, 0.29) is 5.41 Å². The van der Waals surface area contributed by atoms with E-state index in [1.54, 1.807) is 0 Å². The van der Waals surface area contributed by atoms with E-state index in [2.05, 4.69) is 44.1 Å². The monoisotopic (exact) mass is 275 g/mol. The molecule has 0 fully saturated rings. The van der Waals surface area contributed by atoms with Gasteiger partial charge in [0.1, 0.15) is 6.07 Å². The van der Waals surface area contributed by atoms with E-state index < -0.39 is 0 Å². The van der Waals surface area contributed by atoms with E-state index in [0.717, 1.165) is 30.8 Å². The molecule has 0 atom stereocenters. The lowest BCUT2D eigenvalue weighted by Gasteiger charge is -2.19. The molecular formula is C16H25N3O. The molecule has 1 aromatic rings. The molecule has 1 N–H and O–H groups in total. The first-order chi connectivity index (χ1) is 9.49. The third-order valence-corrected chi connectivity index (χ3v) is 2.88. The lowest BCUT2D eigenvalue weighted by Crippen LogP contribution is -2.21. The summed E-state index contributed by atoms with van der Waals surface area (Å²) in [6.45, 7) is 11.3. The van der Waals surface area contributed by atoms with Crippen LogP contribution in [0.1, 0.15) is 50.9 Å². The fraction of sp³-hybridized carbons (Fsp3) is 0.625. The average molecular weight is 275 g/mol. The summed E-state index contributed by atoms with van der Waals surface area (Å²) < 4.78 is 5.40. The molecule has 4 heteroatoms. The maximum atomic E-state index is 9.24. The van der Waals surface area contributed by atoms with E-state index >= 15 is 0 Å². The number of rotatable bonds is 7. The van der Waals surface area contributed by atoms with Gasteiger partial charge in [0.25, 0.3) is 0 Å². The first kappa shape index (κ1) is 16.6. The summed E-state index contributed by atoms with van der Waals surface area (Å²) in [4.78, 5) is 4.46. The van der Waals surface area contributed by atoms with Crippen LogP contribution < -0.4 is 5.32 Å². The van der Waals surface area contributed by atoms with Gasteiger partial charge in [-0.25, -0.2) is 0 Å². The van der Waals surface area contributed by atoms with Gasteiger partial charge >= 0.3 is 0 Å². The smallest absolute Gasteiger partial charge is 0.101 e. The van der Waals surface area contributed by atoms with Crippen LogP contribution in [0.15, 0.2) is 12.3 Å². The molecule has 20 heavy (non-hydrogen) atoms. The van der Waals surface area contributed by atoms with Gasteiger partial charge in [-0.15, -0.1) is 0 Å². The minimum atomic E-state index is -0.106. The topological polar surface area (TPSA) is 57.9 Å². The minimum absolute atomic E-state index is 0.106. The number of nitrogens with one attached hydrogen (secondary N) is 1. The molecule has 1 heterocycles. The molecule has 0 aliphatic heterocycles. The van der Waals surface area contributed by atoms with Crippen LogP contribution in [0, 0.1) is 11.3 Å².